The van der Waals surface area contributed by atoms with Crippen LogP contribution in [0.15, 0.2) is 23.8 Å². The molecule has 2 heterocycles. The Kier molecular flexibility index (Phi) is 5.55. The number of halogens is 1. The number of hydrogen-bond donors (Lipinski definition) is 1. The molecule has 2 atom stereocenters. The van der Waals surface area contributed by atoms with Gasteiger partial charge in [0.1, 0.15) is 18.1 Å². The van der Waals surface area contributed by atoms with Gasteiger partial charge in [-0.15, -0.1) is 12.4 Å². The minimum atomic E-state index is 0. The molecular formula is C17H23ClN2O3. The Labute approximate surface area is 143 Å². The molecule has 0 saturated carbocycles. The standard InChI is InChI=1S/C17H22N2O3.ClH/c1-11-12(2)19(7-6-18-11)17(20)14-8-13-9-15(21-3)4-5-16(13)22-10-14;/h4-5,8-9,11-12,18H,6-7,10H2,1-3H3;1H. The molecular weight excluding hydrogens is 316 g/mol. The van der Waals surface area contributed by atoms with Crippen molar-refractivity contribution in [1.29, 1.82) is 0 Å². The molecule has 1 N–H and O–H groups in total. The fourth-order valence-electron chi connectivity index (χ4n) is 2.93. The first-order valence-electron chi connectivity index (χ1n) is 7.66. The molecule has 2 unspecified atom stereocenters. The number of nitrogens with one attached hydrogen (secondary N) is 1. The lowest BCUT2D eigenvalue weighted by Gasteiger charge is -2.39. The van der Waals surface area contributed by atoms with E-state index in [-0.39, 0.29) is 24.4 Å². The van der Waals surface area contributed by atoms with Gasteiger partial charge in [0.2, 0.25) is 0 Å². The second kappa shape index (κ2) is 7.23. The molecule has 23 heavy (non-hydrogen) atoms. The lowest BCUT2D eigenvalue weighted by atomic mass is 10.0. The molecule has 1 aromatic rings. The molecule has 3 rings (SSSR count). The molecule has 2 aliphatic heterocycles. The minimum Gasteiger partial charge on any atom is -0.497 e. The molecule has 1 aromatic carbocycles. The van der Waals surface area contributed by atoms with Crippen LogP contribution in [0.2, 0.25) is 0 Å². The lowest BCUT2D eigenvalue weighted by Crippen LogP contribution is -2.57. The highest BCUT2D eigenvalue weighted by Gasteiger charge is 2.31. The van der Waals surface area contributed by atoms with E-state index in [2.05, 4.69) is 19.2 Å². The van der Waals surface area contributed by atoms with Crippen molar-refractivity contribution in [2.45, 2.75) is 25.9 Å². The first-order valence-corrected chi connectivity index (χ1v) is 7.66. The smallest absolute Gasteiger partial charge is 0.253 e. The van der Waals surface area contributed by atoms with Crippen LogP contribution in [0.3, 0.4) is 0 Å². The van der Waals surface area contributed by atoms with Gasteiger partial charge in [-0.2, -0.15) is 0 Å². The third-order valence-corrected chi connectivity index (χ3v) is 4.50. The highest BCUT2D eigenvalue weighted by atomic mass is 35.5. The maximum Gasteiger partial charge on any atom is 0.253 e. The van der Waals surface area contributed by atoms with Crippen molar-refractivity contribution >= 4 is 24.4 Å². The summed E-state index contributed by atoms with van der Waals surface area (Å²) in [4.78, 5) is 14.7. The van der Waals surface area contributed by atoms with E-state index in [4.69, 9.17) is 9.47 Å². The van der Waals surface area contributed by atoms with Gasteiger partial charge < -0.3 is 19.7 Å². The summed E-state index contributed by atoms with van der Waals surface area (Å²) < 4.78 is 11.0. The average Bonchev–Trinajstić information content (AvgIpc) is 2.55. The molecule has 126 valence electrons. The van der Waals surface area contributed by atoms with Gasteiger partial charge in [0.25, 0.3) is 5.91 Å². The predicted octanol–water partition coefficient (Wildman–Crippen LogP) is 2.10. The van der Waals surface area contributed by atoms with Crippen LogP contribution in [0, 0.1) is 0 Å². The van der Waals surface area contributed by atoms with E-state index in [0.717, 1.165) is 30.2 Å². The molecule has 0 aromatic heterocycles. The zero-order chi connectivity index (χ0) is 15.7. The van der Waals surface area contributed by atoms with Crippen molar-refractivity contribution in [3.8, 4) is 11.5 Å². The average molecular weight is 339 g/mol. The topological polar surface area (TPSA) is 50.8 Å². The molecule has 1 fully saturated rings. The van der Waals surface area contributed by atoms with E-state index in [1.807, 2.05) is 29.2 Å². The van der Waals surface area contributed by atoms with E-state index < -0.39 is 0 Å². The van der Waals surface area contributed by atoms with Crippen LogP contribution in [-0.2, 0) is 4.79 Å². The number of fused-ring (bicyclic) bond motifs is 1. The Morgan fingerprint density at radius 1 is 1.39 bits per heavy atom. The first-order chi connectivity index (χ1) is 10.6. The monoisotopic (exact) mass is 338 g/mol. The van der Waals surface area contributed by atoms with Gasteiger partial charge in [-0.1, -0.05) is 0 Å². The van der Waals surface area contributed by atoms with Crippen molar-refractivity contribution in [1.82, 2.24) is 10.2 Å². The van der Waals surface area contributed by atoms with Crippen LogP contribution in [-0.4, -0.2) is 49.7 Å². The van der Waals surface area contributed by atoms with Crippen molar-refractivity contribution < 1.29 is 14.3 Å². The highest BCUT2D eigenvalue weighted by Crippen LogP contribution is 2.30. The van der Waals surface area contributed by atoms with Crippen LogP contribution in [0.5, 0.6) is 11.5 Å². The van der Waals surface area contributed by atoms with Crippen molar-refractivity contribution in [2.24, 2.45) is 0 Å². The molecule has 0 spiro atoms. The SMILES string of the molecule is COc1ccc2c(c1)C=C(C(=O)N1CCNC(C)C1C)CO2.Cl. The number of carbonyl (C=O) groups is 1. The Bertz CT molecular complexity index is 618. The van der Waals surface area contributed by atoms with Gasteiger partial charge in [-0.05, 0) is 38.1 Å². The van der Waals surface area contributed by atoms with Gasteiger partial charge >= 0.3 is 0 Å². The summed E-state index contributed by atoms with van der Waals surface area (Å²) in [7, 11) is 1.63. The quantitative estimate of drug-likeness (QED) is 0.897. The molecule has 0 radical (unpaired) electrons. The highest BCUT2D eigenvalue weighted by molar-refractivity contribution is 5.99. The summed E-state index contributed by atoms with van der Waals surface area (Å²) in [5.41, 5.74) is 1.59. The van der Waals surface area contributed by atoms with Crippen LogP contribution in [0.4, 0.5) is 0 Å². The zero-order valence-corrected chi connectivity index (χ0v) is 14.5. The number of piperazine rings is 1. The number of carbonyl (C=O) groups excluding carboxylic acids is 1. The number of ether oxygens (including phenoxy) is 2. The Hall–Kier alpha value is -1.72. The van der Waals surface area contributed by atoms with Crippen LogP contribution in [0.1, 0.15) is 19.4 Å². The zero-order valence-electron chi connectivity index (χ0n) is 13.7. The van der Waals surface area contributed by atoms with Crippen molar-refractivity contribution in [3.63, 3.8) is 0 Å². The van der Waals surface area contributed by atoms with E-state index in [1.54, 1.807) is 7.11 Å². The van der Waals surface area contributed by atoms with Crippen molar-refractivity contribution in [2.75, 3.05) is 26.8 Å². The summed E-state index contributed by atoms with van der Waals surface area (Å²) in [5, 5.41) is 3.39. The fraction of sp³-hybridized carbons (Fsp3) is 0.471. The first kappa shape index (κ1) is 17.6. The molecule has 1 amide bonds. The van der Waals surface area contributed by atoms with E-state index >= 15 is 0 Å². The minimum absolute atomic E-state index is 0. The molecule has 5 nitrogen and oxygen atoms in total. The number of nitrogens with zero attached hydrogens (tertiary/aromatic N) is 1. The predicted molar refractivity (Wildman–Crippen MR) is 92.4 cm³/mol. The molecule has 0 aliphatic carbocycles. The molecule has 6 heteroatoms. The number of rotatable bonds is 2. The number of methoxy groups -OCH3 is 1. The van der Waals surface area contributed by atoms with Gasteiger partial charge in [0.05, 0.1) is 12.7 Å². The van der Waals surface area contributed by atoms with Gasteiger partial charge in [0.15, 0.2) is 0 Å². The molecule has 2 aliphatic rings. The number of hydrogen-bond acceptors (Lipinski definition) is 4. The molecule has 1 saturated heterocycles. The van der Waals surface area contributed by atoms with Crippen molar-refractivity contribution in [3.05, 3.63) is 29.3 Å². The largest absolute Gasteiger partial charge is 0.497 e. The van der Waals surface area contributed by atoms with Gasteiger partial charge in [-0.3, -0.25) is 4.79 Å². The van der Waals surface area contributed by atoms with E-state index in [1.165, 1.54) is 0 Å². The number of amides is 1. The second-order valence-electron chi connectivity index (χ2n) is 5.84. The van der Waals surface area contributed by atoms with Crippen LogP contribution in [0.25, 0.3) is 6.08 Å². The normalized spacial score (nSPS) is 23.1. The van der Waals surface area contributed by atoms with Gasteiger partial charge in [-0.25, -0.2) is 0 Å². The van der Waals surface area contributed by atoms with E-state index in [0.29, 0.717) is 18.2 Å². The fourth-order valence-corrected chi connectivity index (χ4v) is 2.93. The number of benzene rings is 1. The lowest BCUT2D eigenvalue weighted by molar-refractivity contribution is -0.131. The summed E-state index contributed by atoms with van der Waals surface area (Å²) in [6.07, 6.45) is 1.92. The Morgan fingerprint density at radius 3 is 2.91 bits per heavy atom. The third kappa shape index (κ3) is 3.46. The maximum atomic E-state index is 12.8. The van der Waals surface area contributed by atoms with Crippen LogP contribution >= 0.6 is 12.4 Å². The summed E-state index contributed by atoms with van der Waals surface area (Å²) in [6, 6.07) is 6.11. The van der Waals surface area contributed by atoms with Gasteiger partial charge in [0, 0.05) is 30.7 Å². The summed E-state index contributed by atoms with van der Waals surface area (Å²) >= 11 is 0. The summed E-state index contributed by atoms with van der Waals surface area (Å²) in [5.74, 6) is 1.62. The Morgan fingerprint density at radius 2 is 2.17 bits per heavy atom. The van der Waals surface area contributed by atoms with Crippen LogP contribution < -0.4 is 14.8 Å². The van der Waals surface area contributed by atoms with E-state index in [9.17, 15) is 4.79 Å². The third-order valence-electron chi connectivity index (χ3n) is 4.50. The second-order valence-corrected chi connectivity index (χ2v) is 5.84. The molecule has 0 bridgehead atoms. The maximum absolute atomic E-state index is 12.8. The summed E-state index contributed by atoms with van der Waals surface area (Å²) in [6.45, 7) is 6.07. The Balaban J connectivity index is 0.00000192.